The van der Waals surface area contributed by atoms with E-state index in [1.54, 1.807) is 0 Å². The third kappa shape index (κ3) is 3.70. The fourth-order valence-corrected chi connectivity index (χ4v) is 5.28. The number of thiophene rings is 1. The Morgan fingerprint density at radius 1 is 1.29 bits per heavy atom. The van der Waals surface area contributed by atoms with Gasteiger partial charge in [0.2, 0.25) is 0 Å². The van der Waals surface area contributed by atoms with Gasteiger partial charge in [-0.25, -0.2) is 13.2 Å². The van der Waals surface area contributed by atoms with Crippen molar-refractivity contribution >= 4 is 72.1 Å². The zero-order chi connectivity index (χ0) is 15.8. The van der Waals surface area contributed by atoms with Gasteiger partial charge in [0.05, 0.1) is 14.5 Å². The molecule has 2 N–H and O–H groups in total. The Kier molecular flexibility index (Phi) is 4.84. The summed E-state index contributed by atoms with van der Waals surface area (Å²) in [5.74, 6) is -1.21. The van der Waals surface area contributed by atoms with E-state index in [4.69, 9.17) is 28.3 Å². The minimum Gasteiger partial charge on any atom is -0.477 e. The van der Waals surface area contributed by atoms with E-state index in [1.165, 1.54) is 18.2 Å². The van der Waals surface area contributed by atoms with Gasteiger partial charge in [-0.05, 0) is 40.2 Å². The molecule has 0 saturated heterocycles. The minimum atomic E-state index is -3.99. The normalized spacial score (nSPS) is 11.4. The molecule has 0 aliphatic heterocycles. The van der Waals surface area contributed by atoms with Gasteiger partial charge < -0.3 is 5.11 Å². The number of aromatic carboxylic acids is 1. The van der Waals surface area contributed by atoms with Crippen molar-refractivity contribution in [3.63, 3.8) is 0 Å². The lowest BCUT2D eigenvalue weighted by atomic mass is 10.3. The van der Waals surface area contributed by atoms with E-state index < -0.39 is 16.0 Å². The van der Waals surface area contributed by atoms with Crippen molar-refractivity contribution in [2.45, 2.75) is 4.90 Å². The highest BCUT2D eigenvalue weighted by Gasteiger charge is 2.24. The Labute approximate surface area is 142 Å². The number of nitrogens with one attached hydrogen (secondary N) is 1. The molecule has 0 bridgehead atoms. The van der Waals surface area contributed by atoms with Crippen LogP contribution in [0.2, 0.25) is 10.0 Å². The van der Waals surface area contributed by atoms with Crippen molar-refractivity contribution in [3.8, 4) is 0 Å². The molecule has 2 aromatic rings. The Morgan fingerprint density at radius 2 is 1.95 bits per heavy atom. The van der Waals surface area contributed by atoms with Gasteiger partial charge in [0.1, 0.15) is 9.77 Å². The maximum atomic E-state index is 12.3. The van der Waals surface area contributed by atoms with E-state index in [2.05, 4.69) is 20.7 Å². The number of benzene rings is 1. The van der Waals surface area contributed by atoms with E-state index in [-0.39, 0.29) is 24.3 Å². The number of hydrogen-bond acceptors (Lipinski definition) is 4. The largest absolute Gasteiger partial charge is 0.477 e. The van der Waals surface area contributed by atoms with Crippen LogP contribution in [0.3, 0.4) is 0 Å². The molecule has 0 spiro atoms. The number of carboxylic acids is 1. The lowest BCUT2D eigenvalue weighted by Crippen LogP contribution is -2.13. The van der Waals surface area contributed by atoms with Crippen LogP contribution < -0.4 is 4.72 Å². The highest BCUT2D eigenvalue weighted by Crippen LogP contribution is 2.34. The molecule has 10 heteroatoms. The second kappa shape index (κ2) is 6.13. The van der Waals surface area contributed by atoms with E-state index in [1.807, 2.05) is 0 Å². The topological polar surface area (TPSA) is 83.5 Å². The highest BCUT2D eigenvalue weighted by atomic mass is 79.9. The molecule has 21 heavy (non-hydrogen) atoms. The molecule has 5 nitrogen and oxygen atoms in total. The molecule has 0 radical (unpaired) electrons. The molecule has 112 valence electrons. The third-order valence-electron chi connectivity index (χ3n) is 2.33. The zero-order valence-electron chi connectivity index (χ0n) is 9.93. The summed E-state index contributed by atoms with van der Waals surface area (Å²) in [6.45, 7) is 0. The first-order chi connectivity index (χ1) is 9.70. The fraction of sp³-hybridized carbons (Fsp3) is 0. The Bertz CT molecular complexity index is 820. The molecule has 0 atom stereocenters. The predicted octanol–water partition coefficient (Wildman–Crippen LogP) is 4.32. The number of halogens is 3. The monoisotopic (exact) mass is 429 g/mol. The Hall–Kier alpha value is -0.800. The van der Waals surface area contributed by atoms with Gasteiger partial charge in [0.25, 0.3) is 10.0 Å². The predicted molar refractivity (Wildman–Crippen MR) is 86.2 cm³/mol. The van der Waals surface area contributed by atoms with E-state index >= 15 is 0 Å². The average molecular weight is 431 g/mol. The maximum absolute atomic E-state index is 12.3. The summed E-state index contributed by atoms with van der Waals surface area (Å²) in [7, 11) is -3.99. The first-order valence-corrected chi connectivity index (χ1v) is 9.06. The van der Waals surface area contributed by atoms with Crippen molar-refractivity contribution in [1.82, 2.24) is 0 Å². The van der Waals surface area contributed by atoms with Crippen LogP contribution in [-0.4, -0.2) is 19.5 Å². The van der Waals surface area contributed by atoms with E-state index in [0.717, 1.165) is 17.4 Å². The summed E-state index contributed by atoms with van der Waals surface area (Å²) in [6.07, 6.45) is 0. The molecule has 0 fully saturated rings. The molecule has 0 unspecified atom stereocenters. The molecule has 1 aromatic heterocycles. The van der Waals surface area contributed by atoms with E-state index in [0.29, 0.717) is 5.02 Å². The molecule has 0 amide bonds. The fourth-order valence-electron chi connectivity index (χ4n) is 1.42. The number of hydrogen-bond donors (Lipinski definition) is 2. The van der Waals surface area contributed by atoms with Crippen LogP contribution in [0.15, 0.2) is 32.9 Å². The molecular formula is C11H6BrCl2NO4S2. The molecule has 1 aromatic carbocycles. The smallest absolute Gasteiger partial charge is 0.345 e. The van der Waals surface area contributed by atoms with Gasteiger partial charge in [-0.1, -0.05) is 23.2 Å². The van der Waals surface area contributed by atoms with Crippen LogP contribution in [0, 0.1) is 0 Å². The standard InChI is InChI=1S/C11H6BrCl2NO4S2/c12-10-9(4-8(20-10)11(16)17)21(18,19)15-7-3-5(13)1-2-6(7)14/h1-4,15H,(H,16,17). The van der Waals surface area contributed by atoms with Crippen molar-refractivity contribution in [2.24, 2.45) is 0 Å². The summed E-state index contributed by atoms with van der Waals surface area (Å²) < 4.78 is 27.0. The first-order valence-electron chi connectivity index (χ1n) is 5.21. The van der Waals surface area contributed by atoms with Gasteiger partial charge in [0.15, 0.2) is 0 Å². The van der Waals surface area contributed by atoms with Crippen molar-refractivity contribution in [1.29, 1.82) is 0 Å². The van der Waals surface area contributed by atoms with Gasteiger partial charge in [-0.15, -0.1) is 11.3 Å². The first kappa shape index (κ1) is 16.6. The van der Waals surface area contributed by atoms with Gasteiger partial charge in [-0.3, -0.25) is 4.72 Å². The molecule has 0 saturated carbocycles. The summed E-state index contributed by atoms with van der Waals surface area (Å²) in [6, 6.07) is 5.40. The van der Waals surface area contributed by atoms with Gasteiger partial charge in [0, 0.05) is 5.02 Å². The Balaban J connectivity index is 2.43. The summed E-state index contributed by atoms with van der Waals surface area (Å²) in [5.41, 5.74) is 0.110. The lowest BCUT2D eigenvalue weighted by molar-refractivity contribution is 0.0702. The molecule has 2 rings (SSSR count). The third-order valence-corrected chi connectivity index (χ3v) is 6.50. The van der Waals surface area contributed by atoms with Crippen LogP contribution in [0.1, 0.15) is 9.67 Å². The van der Waals surface area contributed by atoms with Crippen LogP contribution in [0.4, 0.5) is 5.69 Å². The number of carbonyl (C=O) groups is 1. The average Bonchev–Trinajstić information content (AvgIpc) is 2.77. The minimum absolute atomic E-state index is 0.0977. The highest BCUT2D eigenvalue weighted by molar-refractivity contribution is 9.11. The van der Waals surface area contributed by atoms with Crippen molar-refractivity contribution < 1.29 is 18.3 Å². The summed E-state index contributed by atoms with van der Waals surface area (Å²) >= 11 is 15.5. The Morgan fingerprint density at radius 3 is 2.52 bits per heavy atom. The van der Waals surface area contributed by atoms with Crippen LogP contribution in [-0.2, 0) is 10.0 Å². The van der Waals surface area contributed by atoms with Crippen LogP contribution >= 0.6 is 50.5 Å². The van der Waals surface area contributed by atoms with Gasteiger partial charge >= 0.3 is 5.97 Å². The quantitative estimate of drug-likeness (QED) is 0.756. The second-order valence-electron chi connectivity index (χ2n) is 3.78. The SMILES string of the molecule is O=C(O)c1cc(S(=O)(=O)Nc2cc(Cl)ccc2Cl)c(Br)s1. The lowest BCUT2D eigenvalue weighted by Gasteiger charge is -2.09. The number of rotatable bonds is 4. The number of carboxylic acid groups (broad SMARTS) is 1. The van der Waals surface area contributed by atoms with Gasteiger partial charge in [-0.2, -0.15) is 0 Å². The number of sulfonamides is 1. The van der Waals surface area contributed by atoms with Crippen molar-refractivity contribution in [3.05, 3.63) is 43.0 Å². The zero-order valence-corrected chi connectivity index (χ0v) is 14.7. The second-order valence-corrected chi connectivity index (χ2v) is 8.65. The van der Waals surface area contributed by atoms with Crippen LogP contribution in [0.5, 0.6) is 0 Å². The van der Waals surface area contributed by atoms with Crippen LogP contribution in [0.25, 0.3) is 0 Å². The van der Waals surface area contributed by atoms with Crippen molar-refractivity contribution in [2.75, 3.05) is 4.72 Å². The van der Waals surface area contributed by atoms with E-state index in [9.17, 15) is 13.2 Å². The number of anilines is 1. The maximum Gasteiger partial charge on any atom is 0.345 e. The summed E-state index contributed by atoms with van der Waals surface area (Å²) in [5, 5.41) is 9.38. The molecule has 0 aliphatic carbocycles. The molecule has 0 aliphatic rings. The summed E-state index contributed by atoms with van der Waals surface area (Å²) in [4.78, 5) is 10.6. The molecule has 1 heterocycles. The molecular weight excluding hydrogens is 425 g/mol.